The lowest BCUT2D eigenvalue weighted by Gasteiger charge is -2.25. The smallest absolute Gasteiger partial charge is 0.317 e. The van der Waals surface area contributed by atoms with Gasteiger partial charge in [-0.3, -0.25) is 29.1 Å². The number of amides is 1. The highest BCUT2D eigenvalue weighted by Crippen LogP contribution is 2.10. The predicted octanol–water partition coefficient (Wildman–Crippen LogP) is 0.414. The average Bonchev–Trinajstić information content (AvgIpc) is 2.74. The van der Waals surface area contributed by atoms with Crippen molar-refractivity contribution < 1.29 is 24.6 Å². The maximum Gasteiger partial charge on any atom is 0.317 e. The fourth-order valence-electron chi connectivity index (χ4n) is 3.41. The number of hydrogen-bond acceptors (Lipinski definition) is 6. The van der Waals surface area contributed by atoms with E-state index >= 15 is 0 Å². The van der Waals surface area contributed by atoms with E-state index in [0.717, 1.165) is 5.56 Å². The molecule has 0 atom stereocenters. The van der Waals surface area contributed by atoms with Crippen LogP contribution in [0.25, 0.3) is 0 Å². The molecule has 0 saturated carbocycles. The second-order valence-corrected chi connectivity index (χ2v) is 7.94. The van der Waals surface area contributed by atoms with Gasteiger partial charge >= 0.3 is 11.9 Å². The van der Waals surface area contributed by atoms with Gasteiger partial charge in [0.05, 0.1) is 13.1 Å². The SMILES string of the molecule is CC(C)NC(=O)c1ccc(CN2CCN(CC(=O)O)CCN(CC(=O)O)CC2)cc1. The van der Waals surface area contributed by atoms with Crippen molar-refractivity contribution in [1.29, 1.82) is 0 Å². The summed E-state index contributed by atoms with van der Waals surface area (Å²) < 4.78 is 0. The van der Waals surface area contributed by atoms with Gasteiger partial charge in [-0.25, -0.2) is 0 Å². The Kier molecular flexibility index (Phi) is 9.22. The topological polar surface area (TPSA) is 113 Å². The number of carboxylic acids is 2. The normalized spacial score (nSPS) is 17.2. The number of benzene rings is 1. The van der Waals surface area contributed by atoms with Gasteiger partial charge in [0.25, 0.3) is 5.91 Å². The summed E-state index contributed by atoms with van der Waals surface area (Å²) in [6, 6.07) is 7.52. The summed E-state index contributed by atoms with van der Waals surface area (Å²) in [5, 5.41) is 21.1. The summed E-state index contributed by atoms with van der Waals surface area (Å²) >= 11 is 0. The second kappa shape index (κ2) is 11.6. The first-order chi connectivity index (χ1) is 14.2. The molecule has 0 radical (unpaired) electrons. The zero-order chi connectivity index (χ0) is 22.1. The first-order valence-electron chi connectivity index (χ1n) is 10.2. The lowest BCUT2D eigenvalue weighted by atomic mass is 10.1. The highest BCUT2D eigenvalue weighted by atomic mass is 16.4. The monoisotopic (exact) mass is 420 g/mol. The van der Waals surface area contributed by atoms with Gasteiger partial charge in [0.2, 0.25) is 0 Å². The van der Waals surface area contributed by atoms with Crippen LogP contribution in [0.2, 0.25) is 0 Å². The zero-order valence-electron chi connectivity index (χ0n) is 17.7. The number of carboxylic acid groups (broad SMARTS) is 2. The van der Waals surface area contributed by atoms with Crippen LogP contribution in [-0.2, 0) is 16.1 Å². The molecule has 0 aromatic heterocycles. The van der Waals surface area contributed by atoms with Gasteiger partial charge in [-0.05, 0) is 31.5 Å². The first-order valence-corrected chi connectivity index (χ1v) is 10.2. The molecular formula is C21H32N4O5. The van der Waals surface area contributed by atoms with Gasteiger partial charge < -0.3 is 15.5 Å². The summed E-state index contributed by atoms with van der Waals surface area (Å²) in [4.78, 5) is 40.3. The van der Waals surface area contributed by atoms with Gasteiger partial charge in [0.1, 0.15) is 0 Å². The lowest BCUT2D eigenvalue weighted by Crippen LogP contribution is -2.40. The molecule has 0 bridgehead atoms. The van der Waals surface area contributed by atoms with Gasteiger partial charge in [0, 0.05) is 57.4 Å². The van der Waals surface area contributed by atoms with E-state index in [1.807, 2.05) is 35.8 Å². The predicted molar refractivity (Wildman–Crippen MR) is 112 cm³/mol. The minimum absolute atomic E-state index is 0.0611. The van der Waals surface area contributed by atoms with E-state index < -0.39 is 11.9 Å². The number of aliphatic carboxylic acids is 2. The van der Waals surface area contributed by atoms with Crippen LogP contribution < -0.4 is 5.32 Å². The Morgan fingerprint density at radius 3 is 1.67 bits per heavy atom. The highest BCUT2D eigenvalue weighted by molar-refractivity contribution is 5.94. The number of rotatable bonds is 8. The fourth-order valence-corrected chi connectivity index (χ4v) is 3.41. The molecule has 1 fully saturated rings. The van der Waals surface area contributed by atoms with E-state index in [-0.39, 0.29) is 25.0 Å². The van der Waals surface area contributed by atoms with E-state index in [0.29, 0.717) is 51.4 Å². The molecule has 1 saturated heterocycles. The van der Waals surface area contributed by atoms with Crippen LogP contribution in [-0.4, -0.2) is 101 Å². The molecule has 1 aliphatic rings. The number of carbonyl (C=O) groups excluding carboxylic acids is 1. The molecule has 1 aliphatic heterocycles. The second-order valence-electron chi connectivity index (χ2n) is 7.94. The van der Waals surface area contributed by atoms with Gasteiger partial charge in [0.15, 0.2) is 0 Å². The Labute approximate surface area is 177 Å². The molecule has 166 valence electrons. The standard InChI is InChI=1S/C21H32N4O5/c1-16(2)22-21(30)18-5-3-17(4-6-18)13-23-7-9-24(14-19(26)27)11-12-25(10-8-23)15-20(28)29/h3-6,16H,7-15H2,1-2H3,(H,22,30)(H,26,27)(H,28,29). The summed E-state index contributed by atoms with van der Waals surface area (Å²) in [5.41, 5.74) is 1.65. The van der Waals surface area contributed by atoms with Crippen molar-refractivity contribution >= 4 is 17.8 Å². The van der Waals surface area contributed by atoms with Crippen molar-refractivity contribution in [2.75, 3.05) is 52.4 Å². The van der Waals surface area contributed by atoms with Crippen LogP contribution in [0.1, 0.15) is 29.8 Å². The van der Waals surface area contributed by atoms with E-state index in [1.54, 1.807) is 12.1 Å². The van der Waals surface area contributed by atoms with Crippen molar-refractivity contribution in [3.05, 3.63) is 35.4 Å². The third kappa shape index (κ3) is 8.48. The molecule has 0 aliphatic carbocycles. The van der Waals surface area contributed by atoms with Crippen molar-refractivity contribution in [2.24, 2.45) is 0 Å². The van der Waals surface area contributed by atoms with E-state index in [4.69, 9.17) is 10.2 Å². The Balaban J connectivity index is 2.03. The third-order valence-corrected chi connectivity index (χ3v) is 4.96. The quantitative estimate of drug-likeness (QED) is 0.554. The molecule has 0 spiro atoms. The van der Waals surface area contributed by atoms with Crippen molar-refractivity contribution in [2.45, 2.75) is 26.4 Å². The van der Waals surface area contributed by atoms with E-state index in [9.17, 15) is 14.4 Å². The number of carbonyl (C=O) groups is 3. The first kappa shape index (κ1) is 23.8. The lowest BCUT2D eigenvalue weighted by molar-refractivity contribution is -0.140. The Hall–Kier alpha value is -2.49. The Morgan fingerprint density at radius 1 is 0.833 bits per heavy atom. The summed E-state index contributed by atoms with van der Waals surface area (Å²) in [6.45, 7) is 7.96. The molecule has 1 aromatic carbocycles. The molecule has 9 nitrogen and oxygen atoms in total. The minimum Gasteiger partial charge on any atom is -0.480 e. The Morgan fingerprint density at radius 2 is 1.27 bits per heavy atom. The molecule has 9 heteroatoms. The summed E-state index contributed by atoms with van der Waals surface area (Å²) in [5.74, 6) is -1.88. The maximum absolute atomic E-state index is 12.1. The molecule has 1 aromatic rings. The fraction of sp³-hybridized carbons (Fsp3) is 0.571. The summed E-state index contributed by atoms with van der Waals surface area (Å²) in [6.07, 6.45) is 0. The molecule has 1 amide bonds. The van der Waals surface area contributed by atoms with Gasteiger partial charge in [-0.15, -0.1) is 0 Å². The largest absolute Gasteiger partial charge is 0.480 e. The van der Waals surface area contributed by atoms with Crippen LogP contribution in [0.3, 0.4) is 0 Å². The van der Waals surface area contributed by atoms with Crippen LogP contribution in [0.4, 0.5) is 0 Å². The van der Waals surface area contributed by atoms with Gasteiger partial charge in [-0.2, -0.15) is 0 Å². The van der Waals surface area contributed by atoms with E-state index in [1.165, 1.54) is 0 Å². The van der Waals surface area contributed by atoms with Crippen LogP contribution in [0.15, 0.2) is 24.3 Å². The van der Waals surface area contributed by atoms with Crippen LogP contribution >= 0.6 is 0 Å². The average molecular weight is 421 g/mol. The summed E-state index contributed by atoms with van der Waals surface area (Å²) in [7, 11) is 0. The molecule has 1 heterocycles. The molecule has 30 heavy (non-hydrogen) atoms. The van der Waals surface area contributed by atoms with Crippen molar-refractivity contribution in [3.63, 3.8) is 0 Å². The Bertz CT molecular complexity index is 695. The zero-order valence-corrected chi connectivity index (χ0v) is 17.7. The number of nitrogens with zero attached hydrogens (tertiary/aromatic N) is 3. The molecule has 3 N–H and O–H groups in total. The maximum atomic E-state index is 12.1. The third-order valence-electron chi connectivity index (χ3n) is 4.96. The van der Waals surface area contributed by atoms with Crippen molar-refractivity contribution in [3.8, 4) is 0 Å². The highest BCUT2D eigenvalue weighted by Gasteiger charge is 2.19. The van der Waals surface area contributed by atoms with Crippen LogP contribution in [0, 0.1) is 0 Å². The van der Waals surface area contributed by atoms with Crippen molar-refractivity contribution in [1.82, 2.24) is 20.0 Å². The molecular weight excluding hydrogens is 388 g/mol. The van der Waals surface area contributed by atoms with Crippen LogP contribution in [0.5, 0.6) is 0 Å². The molecule has 0 unspecified atom stereocenters. The van der Waals surface area contributed by atoms with E-state index in [2.05, 4.69) is 10.2 Å². The number of hydrogen-bond donors (Lipinski definition) is 3. The van der Waals surface area contributed by atoms with Gasteiger partial charge in [-0.1, -0.05) is 12.1 Å². The molecule has 2 rings (SSSR count). The number of nitrogens with one attached hydrogen (secondary N) is 1. The minimum atomic E-state index is -0.888.